The summed E-state index contributed by atoms with van der Waals surface area (Å²) in [5, 5.41) is 5.74. The highest BCUT2D eigenvalue weighted by Crippen LogP contribution is 2.17. The first kappa shape index (κ1) is 15.7. The van der Waals surface area contributed by atoms with Crippen molar-refractivity contribution in [2.75, 3.05) is 6.54 Å². The summed E-state index contributed by atoms with van der Waals surface area (Å²) >= 11 is 1.86. The molecule has 1 rings (SSSR count). The molecule has 0 aliphatic rings. The first-order valence-electron chi connectivity index (χ1n) is 7.06. The molecule has 0 aliphatic carbocycles. The van der Waals surface area contributed by atoms with Gasteiger partial charge < -0.3 is 5.32 Å². The van der Waals surface area contributed by atoms with Crippen LogP contribution in [-0.2, 0) is 6.54 Å². The minimum absolute atomic E-state index is 0.565. The highest BCUT2D eigenvalue weighted by Gasteiger charge is 2.20. The smallest absolute Gasteiger partial charge is 0.0334 e. The van der Waals surface area contributed by atoms with Crippen LogP contribution in [0.5, 0.6) is 0 Å². The fourth-order valence-electron chi connectivity index (χ4n) is 2.18. The molecule has 0 fully saturated rings. The normalized spacial score (nSPS) is 13.8. The molecular formula is C15H28N2S. The van der Waals surface area contributed by atoms with Crippen LogP contribution in [0.25, 0.3) is 0 Å². The molecule has 1 aromatic rings. The molecule has 0 spiro atoms. The third kappa shape index (κ3) is 5.09. The van der Waals surface area contributed by atoms with Gasteiger partial charge in [-0.25, -0.2) is 0 Å². The Morgan fingerprint density at radius 1 is 1.28 bits per heavy atom. The summed E-state index contributed by atoms with van der Waals surface area (Å²) in [5.74, 6) is 0. The molecular weight excluding hydrogens is 240 g/mol. The third-order valence-corrected chi connectivity index (χ3v) is 4.14. The maximum atomic E-state index is 3.57. The molecule has 2 nitrogen and oxygen atoms in total. The van der Waals surface area contributed by atoms with E-state index in [2.05, 4.69) is 62.3 Å². The molecule has 18 heavy (non-hydrogen) atoms. The zero-order valence-electron chi connectivity index (χ0n) is 12.4. The van der Waals surface area contributed by atoms with Crippen LogP contribution in [0.15, 0.2) is 17.5 Å². The molecule has 1 atom stereocenters. The Balaban J connectivity index is 2.62. The summed E-state index contributed by atoms with van der Waals surface area (Å²) in [5.41, 5.74) is 0. The molecule has 0 amide bonds. The van der Waals surface area contributed by atoms with E-state index in [1.807, 2.05) is 11.3 Å². The van der Waals surface area contributed by atoms with Crippen LogP contribution in [0.1, 0.15) is 45.9 Å². The third-order valence-electron chi connectivity index (χ3n) is 3.28. The number of nitrogens with one attached hydrogen (secondary N) is 1. The fraction of sp³-hybridized carbons (Fsp3) is 0.733. The molecule has 0 saturated heterocycles. The van der Waals surface area contributed by atoms with Gasteiger partial charge in [0.05, 0.1) is 0 Å². The van der Waals surface area contributed by atoms with E-state index < -0.39 is 0 Å². The second kappa shape index (κ2) is 7.93. The molecule has 0 radical (unpaired) electrons. The van der Waals surface area contributed by atoms with Gasteiger partial charge in [0.2, 0.25) is 0 Å². The van der Waals surface area contributed by atoms with E-state index in [0.717, 1.165) is 13.1 Å². The predicted molar refractivity (Wildman–Crippen MR) is 82.2 cm³/mol. The molecule has 3 heteroatoms. The maximum absolute atomic E-state index is 3.57. The standard InChI is InChI=1S/C15H28N2S/c1-6-14(10-16-12(2)3)17(13(4)5)11-15-8-7-9-18-15/h7-9,12-14,16H,6,10-11H2,1-5H3. The van der Waals surface area contributed by atoms with Gasteiger partial charge in [-0.05, 0) is 31.7 Å². The Kier molecular flexibility index (Phi) is 6.90. The van der Waals surface area contributed by atoms with Crippen molar-refractivity contribution in [3.05, 3.63) is 22.4 Å². The predicted octanol–water partition coefficient (Wildman–Crippen LogP) is 3.74. The number of nitrogens with zero attached hydrogens (tertiary/aromatic N) is 1. The monoisotopic (exact) mass is 268 g/mol. The molecule has 1 unspecified atom stereocenters. The van der Waals surface area contributed by atoms with Crippen LogP contribution >= 0.6 is 11.3 Å². The summed E-state index contributed by atoms with van der Waals surface area (Å²) < 4.78 is 0. The number of hydrogen-bond donors (Lipinski definition) is 1. The average Bonchev–Trinajstić information content (AvgIpc) is 2.80. The van der Waals surface area contributed by atoms with Gasteiger partial charge in [-0.1, -0.05) is 26.8 Å². The topological polar surface area (TPSA) is 15.3 Å². The number of thiophene rings is 1. The Bertz CT molecular complexity index is 306. The van der Waals surface area contributed by atoms with Crippen molar-refractivity contribution in [2.45, 2.75) is 65.7 Å². The van der Waals surface area contributed by atoms with Crippen LogP contribution in [0.3, 0.4) is 0 Å². The highest BCUT2D eigenvalue weighted by atomic mass is 32.1. The lowest BCUT2D eigenvalue weighted by atomic mass is 10.1. The molecule has 1 heterocycles. The van der Waals surface area contributed by atoms with Crippen molar-refractivity contribution < 1.29 is 0 Å². The van der Waals surface area contributed by atoms with Crippen LogP contribution < -0.4 is 5.32 Å². The van der Waals surface area contributed by atoms with Gasteiger partial charge in [0, 0.05) is 36.1 Å². The lowest BCUT2D eigenvalue weighted by Gasteiger charge is -2.35. The first-order chi connectivity index (χ1) is 8.54. The largest absolute Gasteiger partial charge is 0.313 e. The minimum Gasteiger partial charge on any atom is -0.313 e. The van der Waals surface area contributed by atoms with E-state index in [-0.39, 0.29) is 0 Å². The quantitative estimate of drug-likeness (QED) is 0.773. The zero-order chi connectivity index (χ0) is 13.5. The van der Waals surface area contributed by atoms with Crippen LogP contribution in [0, 0.1) is 0 Å². The Labute approximate surface area is 116 Å². The minimum atomic E-state index is 0.565. The van der Waals surface area contributed by atoms with E-state index in [0.29, 0.717) is 18.1 Å². The van der Waals surface area contributed by atoms with Gasteiger partial charge in [0.15, 0.2) is 0 Å². The summed E-state index contributed by atoms with van der Waals surface area (Å²) in [6, 6.07) is 6.16. The first-order valence-corrected chi connectivity index (χ1v) is 7.94. The second-order valence-corrected chi connectivity index (χ2v) is 6.50. The molecule has 104 valence electrons. The lowest BCUT2D eigenvalue weighted by molar-refractivity contribution is 0.136. The van der Waals surface area contributed by atoms with Crippen molar-refractivity contribution in [3.8, 4) is 0 Å². The van der Waals surface area contributed by atoms with Crippen molar-refractivity contribution in [2.24, 2.45) is 0 Å². The molecule has 0 aromatic carbocycles. The Hall–Kier alpha value is -0.380. The summed E-state index contributed by atoms with van der Waals surface area (Å²) in [6.45, 7) is 13.5. The number of rotatable bonds is 8. The average molecular weight is 268 g/mol. The van der Waals surface area contributed by atoms with Crippen molar-refractivity contribution in [1.82, 2.24) is 10.2 Å². The van der Waals surface area contributed by atoms with Crippen molar-refractivity contribution in [1.29, 1.82) is 0 Å². The van der Waals surface area contributed by atoms with E-state index in [4.69, 9.17) is 0 Å². The molecule has 0 bridgehead atoms. The van der Waals surface area contributed by atoms with Crippen LogP contribution in [0.4, 0.5) is 0 Å². The van der Waals surface area contributed by atoms with Crippen molar-refractivity contribution in [3.63, 3.8) is 0 Å². The zero-order valence-corrected chi connectivity index (χ0v) is 13.3. The number of hydrogen-bond acceptors (Lipinski definition) is 3. The maximum Gasteiger partial charge on any atom is 0.0334 e. The summed E-state index contributed by atoms with van der Waals surface area (Å²) in [7, 11) is 0. The van der Waals surface area contributed by atoms with E-state index in [1.165, 1.54) is 11.3 Å². The van der Waals surface area contributed by atoms with Gasteiger partial charge in [-0.2, -0.15) is 0 Å². The van der Waals surface area contributed by atoms with Crippen molar-refractivity contribution >= 4 is 11.3 Å². The van der Waals surface area contributed by atoms with E-state index in [9.17, 15) is 0 Å². The van der Waals surface area contributed by atoms with E-state index >= 15 is 0 Å². The van der Waals surface area contributed by atoms with Crippen LogP contribution in [0.2, 0.25) is 0 Å². The summed E-state index contributed by atoms with van der Waals surface area (Å²) in [4.78, 5) is 4.08. The second-order valence-electron chi connectivity index (χ2n) is 5.47. The van der Waals surface area contributed by atoms with Gasteiger partial charge in [0.25, 0.3) is 0 Å². The van der Waals surface area contributed by atoms with Gasteiger partial charge in [-0.3, -0.25) is 4.90 Å². The summed E-state index contributed by atoms with van der Waals surface area (Å²) in [6.07, 6.45) is 1.20. The SMILES string of the molecule is CCC(CNC(C)C)N(Cc1cccs1)C(C)C. The molecule has 0 saturated carbocycles. The molecule has 1 N–H and O–H groups in total. The van der Waals surface area contributed by atoms with Gasteiger partial charge in [0.1, 0.15) is 0 Å². The Morgan fingerprint density at radius 2 is 2.00 bits per heavy atom. The Morgan fingerprint density at radius 3 is 2.44 bits per heavy atom. The fourth-order valence-corrected chi connectivity index (χ4v) is 2.90. The van der Waals surface area contributed by atoms with Gasteiger partial charge in [-0.15, -0.1) is 11.3 Å². The van der Waals surface area contributed by atoms with Crippen LogP contribution in [-0.4, -0.2) is 29.6 Å². The molecule has 0 aliphatic heterocycles. The molecule has 1 aromatic heterocycles. The van der Waals surface area contributed by atoms with Gasteiger partial charge >= 0.3 is 0 Å². The highest BCUT2D eigenvalue weighted by molar-refractivity contribution is 7.09. The van der Waals surface area contributed by atoms with E-state index in [1.54, 1.807) is 0 Å². The lowest BCUT2D eigenvalue weighted by Crippen LogP contribution is -2.46.